The molecule has 1 aromatic carbocycles. The summed E-state index contributed by atoms with van der Waals surface area (Å²) >= 11 is 5.25. The van der Waals surface area contributed by atoms with Gasteiger partial charge in [0.25, 0.3) is 0 Å². The second-order valence-electron chi connectivity index (χ2n) is 3.62. The SMILES string of the molecule is CNC(CSc1ccc(Br)cc1)c1ccco1. The van der Waals surface area contributed by atoms with E-state index in [-0.39, 0.29) is 6.04 Å². The molecule has 1 unspecified atom stereocenters. The lowest BCUT2D eigenvalue weighted by Crippen LogP contribution is -2.17. The number of benzene rings is 1. The minimum atomic E-state index is 0.249. The molecule has 0 saturated heterocycles. The van der Waals surface area contributed by atoms with Crippen molar-refractivity contribution in [3.05, 3.63) is 52.9 Å². The van der Waals surface area contributed by atoms with Gasteiger partial charge in [0.05, 0.1) is 12.3 Å². The summed E-state index contributed by atoms with van der Waals surface area (Å²) in [5.41, 5.74) is 0. The zero-order valence-electron chi connectivity index (χ0n) is 9.52. The van der Waals surface area contributed by atoms with E-state index >= 15 is 0 Å². The third-order valence-electron chi connectivity index (χ3n) is 2.47. The van der Waals surface area contributed by atoms with Crippen LogP contribution in [0.15, 0.2) is 56.4 Å². The summed E-state index contributed by atoms with van der Waals surface area (Å²) in [6, 6.07) is 12.5. The van der Waals surface area contributed by atoms with Crippen molar-refractivity contribution in [2.75, 3.05) is 12.8 Å². The maximum absolute atomic E-state index is 5.41. The number of furan rings is 1. The molecular formula is C13H14BrNOS. The lowest BCUT2D eigenvalue weighted by atomic mass is 10.2. The minimum absolute atomic E-state index is 0.249. The highest BCUT2D eigenvalue weighted by Gasteiger charge is 2.11. The molecule has 0 amide bonds. The number of rotatable bonds is 5. The van der Waals surface area contributed by atoms with Gasteiger partial charge in [-0.25, -0.2) is 0 Å². The number of thioether (sulfide) groups is 1. The molecule has 1 N–H and O–H groups in total. The average molecular weight is 312 g/mol. The van der Waals surface area contributed by atoms with Crippen LogP contribution in [0.1, 0.15) is 11.8 Å². The monoisotopic (exact) mass is 311 g/mol. The molecule has 0 spiro atoms. The summed E-state index contributed by atoms with van der Waals surface area (Å²) in [5.74, 6) is 1.93. The van der Waals surface area contributed by atoms with Crippen molar-refractivity contribution >= 4 is 27.7 Å². The van der Waals surface area contributed by atoms with Crippen LogP contribution in [0.2, 0.25) is 0 Å². The van der Waals surface area contributed by atoms with Gasteiger partial charge in [0.2, 0.25) is 0 Å². The van der Waals surface area contributed by atoms with Crippen molar-refractivity contribution in [3.63, 3.8) is 0 Å². The highest BCUT2D eigenvalue weighted by molar-refractivity contribution is 9.10. The van der Waals surface area contributed by atoms with Gasteiger partial charge in [-0.05, 0) is 43.4 Å². The normalized spacial score (nSPS) is 12.6. The van der Waals surface area contributed by atoms with E-state index in [1.807, 2.05) is 30.9 Å². The molecule has 0 bridgehead atoms. The third-order valence-corrected chi connectivity index (χ3v) is 4.10. The maximum Gasteiger partial charge on any atom is 0.121 e. The van der Waals surface area contributed by atoms with E-state index in [1.165, 1.54) is 4.90 Å². The van der Waals surface area contributed by atoms with E-state index in [1.54, 1.807) is 6.26 Å². The van der Waals surface area contributed by atoms with Crippen molar-refractivity contribution in [2.45, 2.75) is 10.9 Å². The Labute approximate surface area is 114 Å². The predicted octanol–water partition coefficient (Wildman–Crippen LogP) is 4.09. The molecule has 0 aliphatic rings. The van der Waals surface area contributed by atoms with Gasteiger partial charge >= 0.3 is 0 Å². The van der Waals surface area contributed by atoms with Crippen LogP contribution >= 0.6 is 27.7 Å². The first kappa shape index (κ1) is 12.7. The summed E-state index contributed by atoms with van der Waals surface area (Å²) in [4.78, 5) is 1.26. The summed E-state index contributed by atoms with van der Waals surface area (Å²) < 4.78 is 6.52. The Morgan fingerprint density at radius 2 is 2.06 bits per heavy atom. The topological polar surface area (TPSA) is 25.2 Å². The quantitative estimate of drug-likeness (QED) is 0.842. The van der Waals surface area contributed by atoms with E-state index in [0.717, 1.165) is 16.0 Å². The molecule has 0 aliphatic heterocycles. The Hall–Kier alpha value is -0.710. The third kappa shape index (κ3) is 3.63. The van der Waals surface area contributed by atoms with Crippen LogP contribution < -0.4 is 5.32 Å². The lowest BCUT2D eigenvalue weighted by molar-refractivity contribution is 0.453. The van der Waals surface area contributed by atoms with Crippen LogP contribution in [0.3, 0.4) is 0 Å². The number of halogens is 1. The second-order valence-corrected chi connectivity index (χ2v) is 5.63. The minimum Gasteiger partial charge on any atom is -0.468 e. The fourth-order valence-electron chi connectivity index (χ4n) is 1.51. The molecule has 17 heavy (non-hydrogen) atoms. The van der Waals surface area contributed by atoms with E-state index in [0.29, 0.717) is 0 Å². The molecule has 0 fully saturated rings. The van der Waals surface area contributed by atoms with Crippen LogP contribution in [0.5, 0.6) is 0 Å². The van der Waals surface area contributed by atoms with Gasteiger partial charge in [-0.2, -0.15) is 0 Å². The van der Waals surface area contributed by atoms with Crippen molar-refractivity contribution in [1.29, 1.82) is 0 Å². The van der Waals surface area contributed by atoms with E-state index < -0.39 is 0 Å². The van der Waals surface area contributed by atoms with Crippen LogP contribution in [-0.2, 0) is 0 Å². The van der Waals surface area contributed by atoms with Gasteiger partial charge in [-0.3, -0.25) is 0 Å². The van der Waals surface area contributed by atoms with E-state index in [9.17, 15) is 0 Å². The van der Waals surface area contributed by atoms with Gasteiger partial charge in [0.15, 0.2) is 0 Å². The Bertz CT molecular complexity index is 441. The molecular weight excluding hydrogens is 298 g/mol. The first-order chi connectivity index (χ1) is 8.29. The Morgan fingerprint density at radius 1 is 1.29 bits per heavy atom. The van der Waals surface area contributed by atoms with Gasteiger partial charge in [0.1, 0.15) is 5.76 Å². The summed E-state index contributed by atoms with van der Waals surface area (Å²) in [5, 5.41) is 3.26. The molecule has 2 nitrogen and oxygen atoms in total. The molecule has 1 aromatic heterocycles. The molecule has 1 heterocycles. The number of hydrogen-bond donors (Lipinski definition) is 1. The van der Waals surface area contributed by atoms with Crippen LogP contribution in [0.25, 0.3) is 0 Å². The van der Waals surface area contributed by atoms with Crippen molar-refractivity contribution in [3.8, 4) is 0 Å². The Balaban J connectivity index is 1.94. The predicted molar refractivity (Wildman–Crippen MR) is 75.4 cm³/mol. The summed E-state index contributed by atoms with van der Waals surface area (Å²) in [6.45, 7) is 0. The average Bonchev–Trinajstić information content (AvgIpc) is 2.86. The zero-order valence-corrected chi connectivity index (χ0v) is 11.9. The molecule has 2 rings (SSSR count). The van der Waals surface area contributed by atoms with E-state index in [2.05, 4.69) is 45.5 Å². The zero-order chi connectivity index (χ0) is 12.1. The van der Waals surface area contributed by atoms with Crippen LogP contribution in [0, 0.1) is 0 Å². The largest absolute Gasteiger partial charge is 0.468 e. The second kappa shape index (κ2) is 6.28. The van der Waals surface area contributed by atoms with Gasteiger partial charge in [0, 0.05) is 15.1 Å². The molecule has 0 aliphatic carbocycles. The molecule has 4 heteroatoms. The Kier molecular flexibility index (Phi) is 4.71. The van der Waals surface area contributed by atoms with Crippen molar-refractivity contribution < 1.29 is 4.42 Å². The van der Waals surface area contributed by atoms with Crippen LogP contribution in [0.4, 0.5) is 0 Å². The molecule has 0 radical (unpaired) electrons. The smallest absolute Gasteiger partial charge is 0.121 e. The number of nitrogens with one attached hydrogen (secondary N) is 1. The van der Waals surface area contributed by atoms with E-state index in [4.69, 9.17) is 4.42 Å². The first-order valence-electron chi connectivity index (χ1n) is 5.38. The maximum atomic E-state index is 5.41. The van der Waals surface area contributed by atoms with Crippen molar-refractivity contribution in [2.24, 2.45) is 0 Å². The fourth-order valence-corrected chi connectivity index (χ4v) is 2.79. The number of hydrogen-bond acceptors (Lipinski definition) is 3. The molecule has 2 aromatic rings. The fraction of sp³-hybridized carbons (Fsp3) is 0.231. The van der Waals surface area contributed by atoms with Gasteiger partial charge in [-0.1, -0.05) is 15.9 Å². The first-order valence-corrected chi connectivity index (χ1v) is 7.16. The molecule has 90 valence electrons. The van der Waals surface area contributed by atoms with Gasteiger partial charge < -0.3 is 9.73 Å². The Morgan fingerprint density at radius 3 is 2.65 bits per heavy atom. The summed E-state index contributed by atoms with van der Waals surface area (Å²) in [6.07, 6.45) is 1.71. The highest BCUT2D eigenvalue weighted by Crippen LogP contribution is 2.25. The lowest BCUT2D eigenvalue weighted by Gasteiger charge is -2.12. The van der Waals surface area contributed by atoms with Crippen molar-refractivity contribution in [1.82, 2.24) is 5.32 Å². The standard InChI is InChI=1S/C13H14BrNOS/c1-15-12(13-3-2-8-16-13)9-17-11-6-4-10(14)5-7-11/h2-8,12,15H,9H2,1H3. The molecule has 0 saturated carbocycles. The van der Waals surface area contributed by atoms with Crippen LogP contribution in [-0.4, -0.2) is 12.8 Å². The van der Waals surface area contributed by atoms with Gasteiger partial charge in [-0.15, -0.1) is 11.8 Å². The highest BCUT2D eigenvalue weighted by atomic mass is 79.9. The summed E-state index contributed by atoms with van der Waals surface area (Å²) in [7, 11) is 1.95. The molecule has 1 atom stereocenters.